The Balaban J connectivity index is 2.33. The van der Waals surface area contributed by atoms with Crippen molar-refractivity contribution in [3.8, 4) is 0 Å². The Hall–Kier alpha value is -1.36. The monoisotopic (exact) mass is 196 g/mol. The zero-order valence-corrected chi connectivity index (χ0v) is 7.87. The van der Waals surface area contributed by atoms with Crippen LogP contribution in [0.25, 0.3) is 0 Å². The molecule has 68 valence electrons. The first-order valence-corrected chi connectivity index (χ1v) is 4.76. The Morgan fingerprint density at radius 3 is 3.08 bits per heavy atom. The second-order valence-corrected chi connectivity index (χ2v) is 3.49. The van der Waals surface area contributed by atoms with Crippen molar-refractivity contribution in [2.75, 3.05) is 0 Å². The van der Waals surface area contributed by atoms with Crippen LogP contribution in [0.15, 0.2) is 26.1 Å². The van der Waals surface area contributed by atoms with Gasteiger partial charge < -0.3 is 0 Å². The number of aryl methyl sites for hydroxylation is 1. The van der Waals surface area contributed by atoms with E-state index in [2.05, 4.69) is 9.68 Å². The minimum absolute atomic E-state index is 0.399. The maximum Gasteiger partial charge on any atom is 0.441 e. The molecule has 4 nitrogen and oxygen atoms in total. The molecule has 0 spiro atoms. The van der Waals surface area contributed by atoms with Gasteiger partial charge in [-0.1, -0.05) is 5.16 Å². The molecule has 0 N–H and O–H groups in total. The first kappa shape index (κ1) is 8.25. The van der Waals surface area contributed by atoms with Crippen molar-refractivity contribution in [3.05, 3.63) is 38.8 Å². The largest absolute Gasteiger partial charge is 0.441 e. The van der Waals surface area contributed by atoms with Gasteiger partial charge in [-0.3, -0.25) is 9.09 Å². The maximum atomic E-state index is 11.1. The van der Waals surface area contributed by atoms with Crippen molar-refractivity contribution in [1.29, 1.82) is 0 Å². The van der Waals surface area contributed by atoms with Crippen LogP contribution in [-0.2, 0) is 6.54 Å². The maximum absolute atomic E-state index is 11.1. The van der Waals surface area contributed by atoms with Gasteiger partial charge in [0.1, 0.15) is 0 Å². The topological polar surface area (TPSA) is 48.0 Å². The van der Waals surface area contributed by atoms with Crippen LogP contribution in [0.4, 0.5) is 0 Å². The van der Waals surface area contributed by atoms with Crippen LogP contribution in [0.5, 0.6) is 0 Å². The number of hydrogen-bond donors (Lipinski definition) is 0. The highest BCUT2D eigenvalue weighted by atomic mass is 32.1. The highest BCUT2D eigenvalue weighted by molar-refractivity contribution is 7.07. The number of nitrogens with zero attached hydrogens (tertiary/aromatic N) is 2. The van der Waals surface area contributed by atoms with E-state index in [1.54, 1.807) is 18.3 Å². The highest BCUT2D eigenvalue weighted by Crippen LogP contribution is 2.07. The molecule has 0 radical (unpaired) electrons. The Morgan fingerprint density at radius 2 is 2.54 bits per heavy atom. The summed E-state index contributed by atoms with van der Waals surface area (Å²) in [5.74, 6) is 0.208. The molecule has 0 saturated carbocycles. The van der Waals surface area contributed by atoms with Gasteiger partial charge in [-0.25, -0.2) is 4.79 Å². The van der Waals surface area contributed by atoms with Crippen molar-refractivity contribution >= 4 is 11.3 Å². The molecule has 13 heavy (non-hydrogen) atoms. The van der Waals surface area contributed by atoms with Crippen LogP contribution in [-0.4, -0.2) is 9.72 Å². The molecule has 0 bridgehead atoms. The zero-order chi connectivity index (χ0) is 9.26. The predicted molar refractivity (Wildman–Crippen MR) is 48.9 cm³/mol. The fourth-order valence-electron chi connectivity index (χ4n) is 1.08. The molecule has 0 saturated heterocycles. The molecule has 0 aliphatic rings. The third-order valence-corrected chi connectivity index (χ3v) is 2.52. The van der Waals surface area contributed by atoms with Gasteiger partial charge in [-0.05, 0) is 29.3 Å². The highest BCUT2D eigenvalue weighted by Gasteiger charge is 2.05. The van der Waals surface area contributed by atoms with Crippen LogP contribution in [0.3, 0.4) is 0 Å². The van der Waals surface area contributed by atoms with Gasteiger partial charge in [-0.15, -0.1) is 0 Å². The Bertz CT molecular complexity index is 441. The van der Waals surface area contributed by atoms with E-state index in [9.17, 15) is 4.79 Å². The lowest BCUT2D eigenvalue weighted by atomic mass is 10.3. The van der Waals surface area contributed by atoms with Gasteiger partial charge in [0.15, 0.2) is 5.82 Å². The van der Waals surface area contributed by atoms with Gasteiger partial charge in [0.05, 0.1) is 6.54 Å². The van der Waals surface area contributed by atoms with E-state index in [1.165, 1.54) is 4.57 Å². The van der Waals surface area contributed by atoms with Crippen molar-refractivity contribution in [1.82, 2.24) is 9.72 Å². The van der Waals surface area contributed by atoms with Crippen LogP contribution in [0.1, 0.15) is 11.4 Å². The summed E-state index contributed by atoms with van der Waals surface area (Å²) in [7, 11) is 0. The second-order valence-electron chi connectivity index (χ2n) is 2.71. The second kappa shape index (κ2) is 3.18. The minimum Gasteiger partial charge on any atom is -0.296 e. The number of hydrogen-bond acceptors (Lipinski definition) is 4. The Morgan fingerprint density at radius 1 is 1.69 bits per heavy atom. The van der Waals surface area contributed by atoms with Gasteiger partial charge in [0.2, 0.25) is 0 Å². The average molecular weight is 196 g/mol. The quantitative estimate of drug-likeness (QED) is 0.726. The molecular weight excluding hydrogens is 188 g/mol. The molecule has 2 aromatic rings. The van der Waals surface area contributed by atoms with E-state index in [0.717, 1.165) is 5.56 Å². The van der Waals surface area contributed by atoms with Crippen molar-refractivity contribution in [2.24, 2.45) is 0 Å². The molecule has 5 heteroatoms. The van der Waals surface area contributed by atoms with E-state index in [0.29, 0.717) is 12.4 Å². The van der Waals surface area contributed by atoms with E-state index in [1.807, 2.05) is 16.8 Å². The predicted octanol–water partition coefficient (Wildman–Crippen LogP) is 1.25. The summed E-state index contributed by atoms with van der Waals surface area (Å²) < 4.78 is 6.01. The molecular formula is C8H8N2O2S. The molecule has 0 atom stereocenters. The molecule has 0 unspecified atom stereocenters. The SMILES string of the molecule is Cc1noc(=O)n1Cc1ccsc1. The molecule has 0 fully saturated rings. The summed E-state index contributed by atoms with van der Waals surface area (Å²) in [6.07, 6.45) is 0. The van der Waals surface area contributed by atoms with Gasteiger partial charge in [0.25, 0.3) is 0 Å². The Kier molecular flexibility index (Phi) is 2.02. The van der Waals surface area contributed by atoms with E-state index < -0.39 is 5.76 Å². The van der Waals surface area contributed by atoms with E-state index in [-0.39, 0.29) is 0 Å². The first-order valence-electron chi connectivity index (χ1n) is 3.81. The fraction of sp³-hybridized carbons (Fsp3) is 0.250. The summed E-state index contributed by atoms with van der Waals surface area (Å²) in [6, 6.07) is 1.98. The average Bonchev–Trinajstić information content (AvgIpc) is 2.70. The lowest BCUT2D eigenvalue weighted by Crippen LogP contribution is -2.15. The van der Waals surface area contributed by atoms with Crippen molar-refractivity contribution in [3.63, 3.8) is 0 Å². The summed E-state index contributed by atoms with van der Waals surface area (Å²) in [4.78, 5) is 11.1. The third kappa shape index (κ3) is 1.55. The molecule has 0 aliphatic carbocycles. The van der Waals surface area contributed by atoms with E-state index in [4.69, 9.17) is 0 Å². The molecule has 2 aromatic heterocycles. The number of aromatic nitrogens is 2. The smallest absolute Gasteiger partial charge is 0.296 e. The lowest BCUT2D eigenvalue weighted by molar-refractivity contribution is 0.375. The van der Waals surface area contributed by atoms with Crippen LogP contribution >= 0.6 is 11.3 Å². The van der Waals surface area contributed by atoms with Crippen molar-refractivity contribution < 1.29 is 4.52 Å². The summed E-state index contributed by atoms with van der Waals surface area (Å²) in [5.41, 5.74) is 1.10. The summed E-state index contributed by atoms with van der Waals surface area (Å²) >= 11 is 1.61. The van der Waals surface area contributed by atoms with Gasteiger partial charge in [-0.2, -0.15) is 11.3 Å². The fourth-order valence-corrected chi connectivity index (χ4v) is 1.74. The molecule has 0 aromatic carbocycles. The molecule has 0 aliphatic heterocycles. The summed E-state index contributed by atoms with van der Waals surface area (Å²) in [5, 5.41) is 7.55. The van der Waals surface area contributed by atoms with Crippen LogP contribution < -0.4 is 5.76 Å². The van der Waals surface area contributed by atoms with Gasteiger partial charge >= 0.3 is 5.76 Å². The molecule has 2 heterocycles. The lowest BCUT2D eigenvalue weighted by Gasteiger charge is -1.97. The number of thiophene rings is 1. The first-order chi connectivity index (χ1) is 6.27. The van der Waals surface area contributed by atoms with Crippen LogP contribution in [0.2, 0.25) is 0 Å². The van der Waals surface area contributed by atoms with E-state index >= 15 is 0 Å². The number of rotatable bonds is 2. The Labute approximate surface area is 78.4 Å². The summed E-state index contributed by atoms with van der Waals surface area (Å²) in [6.45, 7) is 2.29. The standard InChI is InChI=1S/C8H8N2O2S/c1-6-9-12-8(11)10(6)4-7-2-3-13-5-7/h2-3,5H,4H2,1H3. The van der Waals surface area contributed by atoms with Gasteiger partial charge in [0, 0.05) is 0 Å². The van der Waals surface area contributed by atoms with Crippen LogP contribution in [0, 0.1) is 6.92 Å². The third-order valence-electron chi connectivity index (χ3n) is 1.79. The molecule has 2 rings (SSSR count). The normalized spacial score (nSPS) is 10.5. The minimum atomic E-state index is -0.399. The zero-order valence-electron chi connectivity index (χ0n) is 7.06. The van der Waals surface area contributed by atoms with Crippen molar-refractivity contribution in [2.45, 2.75) is 13.5 Å². The molecule has 0 amide bonds.